The van der Waals surface area contributed by atoms with Crippen LogP contribution in [-0.4, -0.2) is 12.2 Å². The summed E-state index contributed by atoms with van der Waals surface area (Å²) in [5.41, 5.74) is 0.250. The highest BCUT2D eigenvalue weighted by Gasteiger charge is 2.49. The van der Waals surface area contributed by atoms with E-state index in [1.54, 1.807) is 0 Å². The van der Waals surface area contributed by atoms with Gasteiger partial charge in [-0.2, -0.15) is 0 Å². The minimum atomic E-state index is 0.250. The van der Waals surface area contributed by atoms with Gasteiger partial charge in [0.15, 0.2) is 0 Å². The van der Waals surface area contributed by atoms with Gasteiger partial charge in [0.1, 0.15) is 0 Å². The third kappa shape index (κ3) is 0.983. The summed E-state index contributed by atoms with van der Waals surface area (Å²) in [6.07, 6.45) is 0. The standard InChI is InChI=1S/C8H16O/c1-6(2)8(5-9-8)7(3)4/h6-7H,5H2,1-4H3. The Bertz CT molecular complexity index is 91.1. The van der Waals surface area contributed by atoms with E-state index in [0.29, 0.717) is 11.8 Å². The molecule has 0 aromatic heterocycles. The summed E-state index contributed by atoms with van der Waals surface area (Å²) in [6.45, 7) is 9.89. The van der Waals surface area contributed by atoms with Crippen molar-refractivity contribution in [3.63, 3.8) is 0 Å². The normalized spacial score (nSPS) is 23.3. The molecule has 0 radical (unpaired) electrons. The molecular weight excluding hydrogens is 112 g/mol. The largest absolute Gasteiger partial charge is 0.369 e. The molecule has 0 aromatic rings. The fourth-order valence-electron chi connectivity index (χ4n) is 1.42. The van der Waals surface area contributed by atoms with Crippen molar-refractivity contribution in [1.29, 1.82) is 0 Å². The van der Waals surface area contributed by atoms with E-state index in [4.69, 9.17) is 4.74 Å². The van der Waals surface area contributed by atoms with Crippen LogP contribution in [0.1, 0.15) is 27.7 Å². The Hall–Kier alpha value is -0.0400. The monoisotopic (exact) mass is 128 g/mol. The van der Waals surface area contributed by atoms with Gasteiger partial charge >= 0.3 is 0 Å². The molecule has 9 heavy (non-hydrogen) atoms. The average molecular weight is 128 g/mol. The van der Waals surface area contributed by atoms with E-state index in [-0.39, 0.29) is 5.60 Å². The van der Waals surface area contributed by atoms with E-state index in [0.717, 1.165) is 6.61 Å². The van der Waals surface area contributed by atoms with Crippen molar-refractivity contribution in [2.75, 3.05) is 6.61 Å². The molecule has 0 N–H and O–H groups in total. The molecule has 1 rings (SSSR count). The number of hydrogen-bond donors (Lipinski definition) is 0. The molecule has 0 aliphatic carbocycles. The first-order valence-electron chi connectivity index (χ1n) is 3.73. The lowest BCUT2D eigenvalue weighted by atomic mass is 9.86. The molecule has 1 aliphatic heterocycles. The molecule has 0 aromatic carbocycles. The van der Waals surface area contributed by atoms with Crippen molar-refractivity contribution in [1.82, 2.24) is 0 Å². The van der Waals surface area contributed by atoms with Gasteiger partial charge in [-0.05, 0) is 11.8 Å². The van der Waals surface area contributed by atoms with Crippen LogP contribution in [0.25, 0.3) is 0 Å². The van der Waals surface area contributed by atoms with Crippen LogP contribution in [0, 0.1) is 11.8 Å². The van der Waals surface area contributed by atoms with Gasteiger partial charge in [-0.3, -0.25) is 0 Å². The zero-order valence-corrected chi connectivity index (χ0v) is 6.77. The first-order chi connectivity index (χ1) is 4.09. The van der Waals surface area contributed by atoms with Crippen LogP contribution in [0.2, 0.25) is 0 Å². The van der Waals surface area contributed by atoms with Gasteiger partial charge in [-0.15, -0.1) is 0 Å². The Labute approximate surface area is 57.4 Å². The molecule has 0 saturated carbocycles. The lowest BCUT2D eigenvalue weighted by Crippen LogP contribution is -2.25. The predicted molar refractivity (Wildman–Crippen MR) is 38.4 cm³/mol. The number of hydrogen-bond acceptors (Lipinski definition) is 1. The highest BCUT2D eigenvalue weighted by molar-refractivity contribution is 4.97. The summed E-state index contributed by atoms with van der Waals surface area (Å²) >= 11 is 0. The Balaban J connectivity index is 2.52. The molecule has 1 heteroatoms. The zero-order valence-electron chi connectivity index (χ0n) is 6.77. The van der Waals surface area contributed by atoms with Crippen molar-refractivity contribution >= 4 is 0 Å². The summed E-state index contributed by atoms with van der Waals surface area (Å²) in [5, 5.41) is 0. The van der Waals surface area contributed by atoms with Crippen molar-refractivity contribution in [2.24, 2.45) is 11.8 Å². The topological polar surface area (TPSA) is 12.5 Å². The molecule has 1 heterocycles. The van der Waals surface area contributed by atoms with Gasteiger partial charge in [-0.1, -0.05) is 27.7 Å². The molecule has 0 unspecified atom stereocenters. The molecule has 54 valence electrons. The number of rotatable bonds is 2. The molecule has 0 spiro atoms. The van der Waals surface area contributed by atoms with E-state index in [1.165, 1.54) is 0 Å². The Morgan fingerprint density at radius 1 is 1.11 bits per heavy atom. The van der Waals surface area contributed by atoms with E-state index in [9.17, 15) is 0 Å². The molecule has 0 bridgehead atoms. The molecule has 1 aliphatic rings. The summed E-state index contributed by atoms with van der Waals surface area (Å²) in [5.74, 6) is 1.36. The first kappa shape index (κ1) is 7.07. The van der Waals surface area contributed by atoms with E-state index in [1.807, 2.05) is 0 Å². The second kappa shape index (κ2) is 1.98. The van der Waals surface area contributed by atoms with Crippen molar-refractivity contribution in [2.45, 2.75) is 33.3 Å². The van der Waals surface area contributed by atoms with Crippen LogP contribution in [-0.2, 0) is 4.74 Å². The van der Waals surface area contributed by atoms with Crippen LogP contribution in [0.4, 0.5) is 0 Å². The van der Waals surface area contributed by atoms with Gasteiger partial charge in [0.25, 0.3) is 0 Å². The van der Waals surface area contributed by atoms with E-state index < -0.39 is 0 Å². The highest BCUT2D eigenvalue weighted by Crippen LogP contribution is 2.41. The summed E-state index contributed by atoms with van der Waals surface area (Å²) in [6, 6.07) is 0. The third-order valence-electron chi connectivity index (χ3n) is 2.43. The minimum absolute atomic E-state index is 0.250. The molecule has 1 fully saturated rings. The van der Waals surface area contributed by atoms with Crippen LogP contribution in [0.5, 0.6) is 0 Å². The fraction of sp³-hybridized carbons (Fsp3) is 1.00. The second-order valence-corrected chi connectivity index (χ2v) is 3.55. The average Bonchev–Trinajstić information content (AvgIpc) is 2.40. The molecule has 1 nitrogen and oxygen atoms in total. The molecule has 0 atom stereocenters. The number of epoxide rings is 1. The number of ether oxygens (including phenoxy) is 1. The quantitative estimate of drug-likeness (QED) is 0.519. The molecule has 0 amide bonds. The van der Waals surface area contributed by atoms with E-state index in [2.05, 4.69) is 27.7 Å². The van der Waals surface area contributed by atoms with Gasteiger partial charge < -0.3 is 4.74 Å². The minimum Gasteiger partial charge on any atom is -0.369 e. The van der Waals surface area contributed by atoms with Crippen molar-refractivity contribution < 1.29 is 4.74 Å². The lowest BCUT2D eigenvalue weighted by Gasteiger charge is -2.19. The first-order valence-corrected chi connectivity index (χ1v) is 3.73. The maximum Gasteiger partial charge on any atom is 0.0961 e. The van der Waals surface area contributed by atoms with Crippen molar-refractivity contribution in [3.05, 3.63) is 0 Å². The van der Waals surface area contributed by atoms with E-state index >= 15 is 0 Å². The second-order valence-electron chi connectivity index (χ2n) is 3.55. The Morgan fingerprint density at radius 3 is 1.44 bits per heavy atom. The SMILES string of the molecule is CC(C)C1(C(C)C)CO1. The summed E-state index contributed by atoms with van der Waals surface area (Å²) in [7, 11) is 0. The lowest BCUT2D eigenvalue weighted by molar-refractivity contribution is 0.181. The smallest absolute Gasteiger partial charge is 0.0961 e. The zero-order chi connectivity index (χ0) is 7.07. The maximum absolute atomic E-state index is 5.42. The van der Waals surface area contributed by atoms with Gasteiger partial charge in [0, 0.05) is 0 Å². The van der Waals surface area contributed by atoms with Crippen LogP contribution >= 0.6 is 0 Å². The van der Waals surface area contributed by atoms with Gasteiger partial charge in [-0.25, -0.2) is 0 Å². The molecule has 1 saturated heterocycles. The van der Waals surface area contributed by atoms with Crippen molar-refractivity contribution in [3.8, 4) is 0 Å². The third-order valence-corrected chi connectivity index (χ3v) is 2.43. The summed E-state index contributed by atoms with van der Waals surface area (Å²) in [4.78, 5) is 0. The van der Waals surface area contributed by atoms with Gasteiger partial charge in [0.05, 0.1) is 12.2 Å². The molecular formula is C8H16O. The predicted octanol–water partition coefficient (Wildman–Crippen LogP) is 2.07. The summed E-state index contributed by atoms with van der Waals surface area (Å²) < 4.78 is 5.42. The van der Waals surface area contributed by atoms with Crippen LogP contribution in [0.3, 0.4) is 0 Å². The Kier molecular flexibility index (Phi) is 1.55. The van der Waals surface area contributed by atoms with Gasteiger partial charge in [0.2, 0.25) is 0 Å². The van der Waals surface area contributed by atoms with Crippen LogP contribution in [0.15, 0.2) is 0 Å². The van der Waals surface area contributed by atoms with Crippen LogP contribution < -0.4 is 0 Å². The maximum atomic E-state index is 5.42. The fourth-order valence-corrected chi connectivity index (χ4v) is 1.42. The Morgan fingerprint density at radius 2 is 1.44 bits per heavy atom. The highest BCUT2D eigenvalue weighted by atomic mass is 16.6.